The molecule has 0 saturated carbocycles. The van der Waals surface area contributed by atoms with Crippen molar-refractivity contribution in [2.75, 3.05) is 16.2 Å². The van der Waals surface area contributed by atoms with Gasteiger partial charge < -0.3 is 4.98 Å². The molecule has 0 atom stereocenters. The molecule has 1 aliphatic heterocycles. The first-order valence-electron chi connectivity index (χ1n) is 9.99. The molecule has 1 aliphatic rings. The SMILES string of the molecule is O=C(Nc1nc2ccccc2[nH]1)c1cccc(S(=O)(=O)N2CCCc3ccccc32)c1. The number of carbonyl (C=O) groups is 1. The van der Waals surface area contributed by atoms with Gasteiger partial charge in [-0.1, -0.05) is 36.4 Å². The van der Waals surface area contributed by atoms with Crippen LogP contribution in [0.2, 0.25) is 0 Å². The Labute approximate surface area is 179 Å². The van der Waals surface area contributed by atoms with Crippen LogP contribution in [0.3, 0.4) is 0 Å². The minimum absolute atomic E-state index is 0.0847. The molecule has 5 rings (SSSR count). The van der Waals surface area contributed by atoms with E-state index < -0.39 is 15.9 Å². The van der Waals surface area contributed by atoms with E-state index >= 15 is 0 Å². The number of para-hydroxylation sites is 3. The molecule has 0 spiro atoms. The predicted molar refractivity (Wildman–Crippen MR) is 120 cm³/mol. The fourth-order valence-corrected chi connectivity index (χ4v) is 5.45. The molecule has 1 aromatic heterocycles. The summed E-state index contributed by atoms with van der Waals surface area (Å²) in [4.78, 5) is 20.2. The van der Waals surface area contributed by atoms with E-state index in [0.717, 1.165) is 29.4 Å². The molecule has 0 fully saturated rings. The fraction of sp³-hybridized carbons (Fsp3) is 0.130. The molecule has 4 aromatic rings. The fourth-order valence-electron chi connectivity index (χ4n) is 3.87. The number of hydrogen-bond donors (Lipinski definition) is 2. The van der Waals surface area contributed by atoms with E-state index in [1.54, 1.807) is 12.1 Å². The van der Waals surface area contributed by atoms with Crippen LogP contribution in [0.25, 0.3) is 11.0 Å². The van der Waals surface area contributed by atoms with Crippen LogP contribution in [0.4, 0.5) is 11.6 Å². The number of fused-ring (bicyclic) bond motifs is 2. The maximum atomic E-state index is 13.4. The zero-order valence-electron chi connectivity index (χ0n) is 16.6. The Kier molecular flexibility index (Phi) is 4.71. The topological polar surface area (TPSA) is 95.2 Å². The zero-order chi connectivity index (χ0) is 21.4. The number of nitrogens with zero attached hydrogens (tertiary/aromatic N) is 2. The van der Waals surface area contributed by atoms with Gasteiger partial charge in [0.05, 0.1) is 21.6 Å². The Bertz CT molecular complexity index is 1360. The van der Waals surface area contributed by atoms with E-state index in [1.165, 1.54) is 16.4 Å². The first-order valence-corrected chi connectivity index (χ1v) is 11.4. The molecular formula is C23H20N4O3S. The standard InChI is InChI=1S/C23H20N4O3S/c28-22(26-23-24-19-11-2-3-12-20(19)25-23)17-8-5-10-18(15-17)31(29,30)27-14-6-9-16-7-1-4-13-21(16)27/h1-5,7-8,10-13,15H,6,9,14H2,(H2,24,25,26,28). The molecule has 0 bridgehead atoms. The molecule has 8 heteroatoms. The molecule has 2 N–H and O–H groups in total. The molecule has 0 saturated heterocycles. The highest BCUT2D eigenvalue weighted by Gasteiger charge is 2.29. The smallest absolute Gasteiger partial charge is 0.264 e. The van der Waals surface area contributed by atoms with Crippen molar-refractivity contribution in [1.29, 1.82) is 0 Å². The van der Waals surface area contributed by atoms with Gasteiger partial charge >= 0.3 is 0 Å². The van der Waals surface area contributed by atoms with Gasteiger partial charge in [-0.05, 0) is 54.8 Å². The molecule has 0 aliphatic carbocycles. The van der Waals surface area contributed by atoms with Gasteiger partial charge in [0.2, 0.25) is 5.95 Å². The normalized spacial score (nSPS) is 13.7. The molecule has 7 nitrogen and oxygen atoms in total. The van der Waals surface area contributed by atoms with E-state index in [4.69, 9.17) is 0 Å². The van der Waals surface area contributed by atoms with E-state index in [1.807, 2.05) is 48.5 Å². The molecule has 1 amide bonds. The maximum Gasteiger partial charge on any atom is 0.264 e. The van der Waals surface area contributed by atoms with Gasteiger partial charge in [-0.25, -0.2) is 13.4 Å². The highest BCUT2D eigenvalue weighted by Crippen LogP contribution is 2.32. The number of carbonyl (C=O) groups excluding carboxylic acids is 1. The van der Waals surface area contributed by atoms with Crippen molar-refractivity contribution >= 4 is 38.6 Å². The summed E-state index contributed by atoms with van der Waals surface area (Å²) in [6.07, 6.45) is 1.60. The van der Waals surface area contributed by atoms with Crippen molar-refractivity contribution in [2.24, 2.45) is 0 Å². The van der Waals surface area contributed by atoms with Crippen LogP contribution in [-0.2, 0) is 16.4 Å². The van der Waals surface area contributed by atoms with Crippen molar-refractivity contribution < 1.29 is 13.2 Å². The molecule has 31 heavy (non-hydrogen) atoms. The van der Waals surface area contributed by atoms with E-state index in [0.29, 0.717) is 18.2 Å². The van der Waals surface area contributed by atoms with Crippen molar-refractivity contribution in [2.45, 2.75) is 17.7 Å². The van der Waals surface area contributed by atoms with Crippen LogP contribution in [0.5, 0.6) is 0 Å². The Balaban J connectivity index is 1.44. The number of aromatic nitrogens is 2. The number of H-pyrrole nitrogens is 1. The summed E-state index contributed by atoms with van der Waals surface area (Å²) < 4.78 is 28.2. The number of aromatic amines is 1. The summed E-state index contributed by atoms with van der Waals surface area (Å²) in [5, 5.41) is 2.71. The molecular weight excluding hydrogens is 412 g/mol. The lowest BCUT2D eigenvalue weighted by Gasteiger charge is -2.30. The summed E-state index contributed by atoms with van der Waals surface area (Å²) in [6.45, 7) is 0.411. The van der Waals surface area contributed by atoms with Crippen molar-refractivity contribution in [3.63, 3.8) is 0 Å². The van der Waals surface area contributed by atoms with Crippen LogP contribution in [0.15, 0.2) is 77.7 Å². The number of nitrogens with one attached hydrogen (secondary N) is 2. The summed E-state index contributed by atoms with van der Waals surface area (Å²) >= 11 is 0. The van der Waals surface area contributed by atoms with E-state index in [2.05, 4.69) is 15.3 Å². The summed E-state index contributed by atoms with van der Waals surface area (Å²) in [5.41, 5.74) is 3.49. The predicted octanol–water partition coefficient (Wildman–Crippen LogP) is 3.96. The van der Waals surface area contributed by atoms with Crippen molar-refractivity contribution in [3.05, 3.63) is 83.9 Å². The number of sulfonamides is 1. The second-order valence-electron chi connectivity index (χ2n) is 7.39. The number of hydrogen-bond acceptors (Lipinski definition) is 4. The first kappa shape index (κ1) is 19.3. The van der Waals surface area contributed by atoms with Gasteiger partial charge in [0.25, 0.3) is 15.9 Å². The van der Waals surface area contributed by atoms with Crippen LogP contribution in [-0.4, -0.2) is 30.8 Å². The minimum atomic E-state index is -3.79. The number of amides is 1. The van der Waals surface area contributed by atoms with Gasteiger partial charge in [0.15, 0.2) is 0 Å². The second-order valence-corrected chi connectivity index (χ2v) is 9.26. The third-order valence-electron chi connectivity index (χ3n) is 5.37. The monoisotopic (exact) mass is 432 g/mol. The van der Waals surface area contributed by atoms with Crippen molar-refractivity contribution in [1.82, 2.24) is 9.97 Å². The lowest BCUT2D eigenvalue weighted by molar-refractivity contribution is 0.102. The number of rotatable bonds is 4. The average Bonchev–Trinajstić information content (AvgIpc) is 3.21. The number of imidazole rings is 1. The quantitative estimate of drug-likeness (QED) is 0.510. The second kappa shape index (κ2) is 7.55. The van der Waals surface area contributed by atoms with Gasteiger partial charge in [-0.2, -0.15) is 0 Å². The molecule has 0 unspecified atom stereocenters. The lowest BCUT2D eigenvalue weighted by atomic mass is 10.0. The summed E-state index contributed by atoms with van der Waals surface area (Å²) in [6, 6.07) is 21.1. The van der Waals surface area contributed by atoms with E-state index in [9.17, 15) is 13.2 Å². The number of benzene rings is 3. The number of anilines is 2. The maximum absolute atomic E-state index is 13.4. The van der Waals surface area contributed by atoms with E-state index in [-0.39, 0.29) is 10.5 Å². The Morgan fingerprint density at radius 1 is 1.00 bits per heavy atom. The Morgan fingerprint density at radius 3 is 2.68 bits per heavy atom. The average molecular weight is 433 g/mol. The Morgan fingerprint density at radius 2 is 1.81 bits per heavy atom. The first-order chi connectivity index (χ1) is 15.0. The molecule has 3 aromatic carbocycles. The van der Waals surface area contributed by atoms with Gasteiger partial charge in [0.1, 0.15) is 0 Å². The zero-order valence-corrected chi connectivity index (χ0v) is 17.4. The molecule has 2 heterocycles. The van der Waals surface area contributed by atoms with Crippen LogP contribution in [0, 0.1) is 0 Å². The third-order valence-corrected chi connectivity index (χ3v) is 7.18. The van der Waals surface area contributed by atoms with Gasteiger partial charge in [-0.15, -0.1) is 0 Å². The largest absolute Gasteiger partial charge is 0.324 e. The Hall–Kier alpha value is -3.65. The van der Waals surface area contributed by atoms with Crippen LogP contribution >= 0.6 is 0 Å². The molecule has 156 valence electrons. The molecule has 0 radical (unpaired) electrons. The third kappa shape index (κ3) is 3.55. The van der Waals surface area contributed by atoms with Gasteiger partial charge in [0, 0.05) is 12.1 Å². The van der Waals surface area contributed by atoms with Gasteiger partial charge in [-0.3, -0.25) is 14.4 Å². The number of aryl methyl sites for hydroxylation is 1. The van der Waals surface area contributed by atoms with Crippen LogP contribution < -0.4 is 9.62 Å². The highest BCUT2D eigenvalue weighted by atomic mass is 32.2. The minimum Gasteiger partial charge on any atom is -0.324 e. The van der Waals surface area contributed by atoms with Crippen LogP contribution in [0.1, 0.15) is 22.3 Å². The summed E-state index contributed by atoms with van der Waals surface area (Å²) in [5.74, 6) is -0.125. The van der Waals surface area contributed by atoms with Crippen molar-refractivity contribution in [3.8, 4) is 0 Å². The highest BCUT2D eigenvalue weighted by molar-refractivity contribution is 7.92. The summed E-state index contributed by atoms with van der Waals surface area (Å²) in [7, 11) is -3.79. The lowest BCUT2D eigenvalue weighted by Crippen LogP contribution is -2.35.